The maximum absolute atomic E-state index is 13.6. The first-order valence-electron chi connectivity index (χ1n) is 9.74. The quantitative estimate of drug-likeness (QED) is 0.528. The van der Waals surface area contributed by atoms with Crippen molar-refractivity contribution in [2.75, 3.05) is 4.90 Å². The predicted molar refractivity (Wildman–Crippen MR) is 117 cm³/mol. The summed E-state index contributed by atoms with van der Waals surface area (Å²) < 4.78 is 19.9. The minimum Gasteiger partial charge on any atom is -0.467 e. The van der Waals surface area contributed by atoms with Crippen molar-refractivity contribution in [3.8, 4) is 5.75 Å². The van der Waals surface area contributed by atoms with Crippen molar-refractivity contribution in [3.05, 3.63) is 95.8 Å². The molecule has 5 rings (SSSR count). The number of hydrogen-bond acceptors (Lipinski definition) is 3. The monoisotopic (exact) mass is 418 g/mol. The fourth-order valence-corrected chi connectivity index (χ4v) is 4.84. The van der Waals surface area contributed by atoms with Crippen molar-refractivity contribution in [1.82, 2.24) is 4.90 Å². The highest BCUT2D eigenvalue weighted by Crippen LogP contribution is 2.49. The van der Waals surface area contributed by atoms with Gasteiger partial charge >= 0.3 is 0 Å². The molecule has 3 aromatic carbocycles. The number of ether oxygens (including phenoxy) is 1. The van der Waals surface area contributed by atoms with Gasteiger partial charge in [0, 0.05) is 23.2 Å². The molecule has 0 aliphatic carbocycles. The Morgan fingerprint density at radius 3 is 2.43 bits per heavy atom. The highest BCUT2D eigenvalue weighted by molar-refractivity contribution is 7.80. The van der Waals surface area contributed by atoms with Crippen LogP contribution >= 0.6 is 12.2 Å². The summed E-state index contributed by atoms with van der Waals surface area (Å²) in [6, 6.07) is 22.7. The first-order valence-corrected chi connectivity index (χ1v) is 10.1. The van der Waals surface area contributed by atoms with Crippen LogP contribution in [0.4, 0.5) is 10.1 Å². The van der Waals surface area contributed by atoms with Crippen LogP contribution in [0.15, 0.2) is 78.9 Å². The summed E-state index contributed by atoms with van der Waals surface area (Å²) in [5.74, 6) is 0.0870. The van der Waals surface area contributed by atoms with E-state index < -0.39 is 5.72 Å². The third kappa shape index (κ3) is 2.87. The molecule has 0 saturated carbocycles. The second kappa shape index (κ2) is 6.92. The zero-order chi connectivity index (χ0) is 20.9. The van der Waals surface area contributed by atoms with Crippen molar-refractivity contribution in [2.24, 2.45) is 0 Å². The van der Waals surface area contributed by atoms with E-state index in [2.05, 4.69) is 0 Å². The van der Waals surface area contributed by atoms with E-state index in [-0.39, 0.29) is 17.8 Å². The average molecular weight is 418 g/mol. The average Bonchev–Trinajstić information content (AvgIpc) is 2.74. The maximum Gasteiger partial charge on any atom is 0.260 e. The number of anilines is 1. The van der Waals surface area contributed by atoms with E-state index in [4.69, 9.17) is 17.0 Å². The lowest BCUT2D eigenvalue weighted by Gasteiger charge is -2.55. The zero-order valence-electron chi connectivity index (χ0n) is 16.3. The van der Waals surface area contributed by atoms with E-state index in [0.29, 0.717) is 17.1 Å². The van der Waals surface area contributed by atoms with E-state index in [1.165, 1.54) is 24.3 Å². The summed E-state index contributed by atoms with van der Waals surface area (Å²) in [6.07, 6.45) is 0.548. The molecule has 3 aromatic rings. The number of carbonyl (C=O) groups excluding carboxylic acids is 1. The lowest BCUT2D eigenvalue weighted by Crippen LogP contribution is -2.67. The van der Waals surface area contributed by atoms with Crippen LogP contribution < -0.4 is 9.64 Å². The van der Waals surface area contributed by atoms with Crippen LogP contribution in [0.25, 0.3) is 0 Å². The Kier molecular flexibility index (Phi) is 4.33. The smallest absolute Gasteiger partial charge is 0.260 e. The molecule has 0 spiro atoms. The van der Waals surface area contributed by atoms with Gasteiger partial charge in [-0.25, -0.2) is 4.39 Å². The van der Waals surface area contributed by atoms with Gasteiger partial charge in [0.05, 0.1) is 6.04 Å². The van der Waals surface area contributed by atoms with Gasteiger partial charge in [-0.1, -0.05) is 36.4 Å². The molecule has 2 heterocycles. The first-order chi connectivity index (χ1) is 14.5. The summed E-state index contributed by atoms with van der Waals surface area (Å²) >= 11 is 5.86. The van der Waals surface area contributed by atoms with Gasteiger partial charge in [0.15, 0.2) is 10.8 Å². The standard InChI is InChI=1S/C24H19FN2O2S/c1-24-15-20(19-9-5-6-10-21(19)29-24)26(22(28)16-11-13-17(25)14-12-16)23(30)27(24)18-7-3-2-4-8-18/h2-14,20H,15H2,1H3/t20-,24-/m0/s1. The number of nitrogens with zero attached hydrogens (tertiary/aromatic N) is 2. The SMILES string of the molecule is C[C@@]12C[C@@H](c3ccccc3O1)N(C(=O)c1ccc(F)cc1)C(=S)N2c1ccccc1. The number of benzene rings is 3. The molecule has 2 aliphatic rings. The molecule has 1 fully saturated rings. The molecule has 150 valence electrons. The molecular formula is C24H19FN2O2S. The number of fused-ring (bicyclic) bond motifs is 4. The van der Waals surface area contributed by atoms with E-state index in [9.17, 15) is 9.18 Å². The second-order valence-electron chi connectivity index (χ2n) is 7.67. The van der Waals surface area contributed by atoms with Crippen LogP contribution in [0.2, 0.25) is 0 Å². The van der Waals surface area contributed by atoms with Crippen LogP contribution in [0, 0.1) is 5.82 Å². The van der Waals surface area contributed by atoms with Gasteiger partial charge in [-0.3, -0.25) is 14.6 Å². The molecular weight excluding hydrogens is 399 g/mol. The van der Waals surface area contributed by atoms with Gasteiger partial charge in [-0.2, -0.15) is 0 Å². The van der Waals surface area contributed by atoms with Crippen molar-refractivity contribution >= 4 is 28.9 Å². The zero-order valence-corrected chi connectivity index (χ0v) is 17.1. The van der Waals surface area contributed by atoms with Crippen molar-refractivity contribution < 1.29 is 13.9 Å². The van der Waals surface area contributed by atoms with Gasteiger partial charge in [-0.15, -0.1) is 0 Å². The fourth-order valence-electron chi connectivity index (χ4n) is 4.33. The first kappa shape index (κ1) is 18.8. The molecule has 4 nitrogen and oxygen atoms in total. The Balaban J connectivity index is 1.67. The topological polar surface area (TPSA) is 32.8 Å². The van der Waals surface area contributed by atoms with Crippen LogP contribution in [0.1, 0.15) is 35.3 Å². The molecule has 0 N–H and O–H groups in total. The number of para-hydroxylation sites is 2. The third-order valence-electron chi connectivity index (χ3n) is 5.69. The van der Waals surface area contributed by atoms with Crippen LogP contribution in [0.3, 0.4) is 0 Å². The van der Waals surface area contributed by atoms with Gasteiger partial charge in [-0.05, 0) is 61.6 Å². The molecule has 0 unspecified atom stereocenters. The minimum absolute atomic E-state index is 0.260. The number of amides is 1. The van der Waals surface area contributed by atoms with Gasteiger partial charge in [0.1, 0.15) is 11.6 Å². The van der Waals surface area contributed by atoms with Crippen LogP contribution in [0.5, 0.6) is 5.75 Å². The van der Waals surface area contributed by atoms with Gasteiger partial charge in [0.2, 0.25) is 0 Å². The third-order valence-corrected chi connectivity index (χ3v) is 6.07. The minimum atomic E-state index is -0.739. The second-order valence-corrected chi connectivity index (χ2v) is 8.04. The molecule has 0 radical (unpaired) electrons. The normalized spacial score (nSPS) is 22.3. The van der Waals surface area contributed by atoms with Crippen molar-refractivity contribution in [2.45, 2.75) is 25.1 Å². The molecule has 6 heteroatoms. The molecule has 1 amide bonds. The van der Waals surface area contributed by atoms with E-state index in [1.807, 2.05) is 66.4 Å². The largest absolute Gasteiger partial charge is 0.467 e. The molecule has 2 atom stereocenters. The van der Waals surface area contributed by atoms with E-state index >= 15 is 0 Å². The molecule has 1 saturated heterocycles. The summed E-state index contributed by atoms with van der Waals surface area (Å²) in [7, 11) is 0. The predicted octanol–water partition coefficient (Wildman–Crippen LogP) is 5.31. The number of carbonyl (C=O) groups is 1. The molecule has 0 aromatic heterocycles. The number of halogens is 1. The fraction of sp³-hybridized carbons (Fsp3) is 0.167. The number of thiocarbonyl (C=S) groups is 1. The summed E-state index contributed by atoms with van der Waals surface area (Å²) in [5, 5.41) is 0.365. The highest BCUT2D eigenvalue weighted by atomic mass is 32.1. The Morgan fingerprint density at radius 1 is 1.03 bits per heavy atom. The summed E-state index contributed by atoms with van der Waals surface area (Å²) in [4.78, 5) is 17.1. The van der Waals surface area contributed by atoms with E-state index in [0.717, 1.165) is 17.0 Å². The molecule has 2 aliphatic heterocycles. The summed E-state index contributed by atoms with van der Waals surface area (Å²) in [6.45, 7) is 1.99. The van der Waals surface area contributed by atoms with Gasteiger partial charge < -0.3 is 4.74 Å². The summed E-state index contributed by atoms with van der Waals surface area (Å²) in [5.41, 5.74) is 1.41. The van der Waals surface area contributed by atoms with Crippen molar-refractivity contribution in [1.29, 1.82) is 0 Å². The Labute approximate surface area is 179 Å². The number of rotatable bonds is 2. The Bertz CT molecular complexity index is 1140. The van der Waals surface area contributed by atoms with Crippen molar-refractivity contribution in [3.63, 3.8) is 0 Å². The van der Waals surface area contributed by atoms with Crippen LogP contribution in [-0.2, 0) is 0 Å². The number of hydrogen-bond donors (Lipinski definition) is 0. The highest BCUT2D eigenvalue weighted by Gasteiger charge is 2.53. The van der Waals surface area contributed by atoms with Gasteiger partial charge in [0.25, 0.3) is 5.91 Å². The maximum atomic E-state index is 13.6. The lowest BCUT2D eigenvalue weighted by atomic mass is 9.88. The Hall–Kier alpha value is -3.25. The molecule has 30 heavy (non-hydrogen) atoms. The van der Waals surface area contributed by atoms with E-state index in [1.54, 1.807) is 4.90 Å². The lowest BCUT2D eigenvalue weighted by molar-refractivity contribution is 0.0184. The molecule has 2 bridgehead atoms. The van der Waals surface area contributed by atoms with Crippen LogP contribution in [-0.4, -0.2) is 21.6 Å². The Morgan fingerprint density at radius 2 is 1.70 bits per heavy atom.